The summed E-state index contributed by atoms with van der Waals surface area (Å²) >= 11 is 2.01. The molecule has 1 aliphatic carbocycles. The van der Waals surface area contributed by atoms with Gasteiger partial charge in [0.2, 0.25) is 0 Å². The molecular weight excluding hydrogens is 204 g/mol. The predicted octanol–water partition coefficient (Wildman–Crippen LogP) is 1.94. The smallest absolute Gasteiger partial charge is 0.0299 e. The Hall–Kier alpha value is -0.380. The van der Waals surface area contributed by atoms with Crippen LogP contribution in [0.25, 0.3) is 0 Å². The van der Waals surface area contributed by atoms with Crippen LogP contribution in [0, 0.1) is 0 Å². The van der Waals surface area contributed by atoms with Gasteiger partial charge in [-0.15, -0.1) is 11.3 Å². The molecule has 1 heterocycles. The Labute approximate surface area is 96.1 Å². The Morgan fingerprint density at radius 3 is 3.07 bits per heavy atom. The van der Waals surface area contributed by atoms with Crippen LogP contribution in [-0.2, 0) is 19.4 Å². The number of aryl methyl sites for hydroxylation is 2. The number of fused-ring (bicyclic) bond motifs is 1. The van der Waals surface area contributed by atoms with E-state index in [0.29, 0.717) is 0 Å². The minimum atomic E-state index is 1.06. The molecule has 1 aromatic heterocycles. The second-order valence-electron chi connectivity index (χ2n) is 4.15. The Bertz CT molecular complexity index is 285. The van der Waals surface area contributed by atoms with Crippen LogP contribution in [-0.4, -0.2) is 20.1 Å². The molecular formula is C12H20N2S. The summed E-state index contributed by atoms with van der Waals surface area (Å²) in [6.45, 7) is 3.28. The van der Waals surface area contributed by atoms with Crippen LogP contribution >= 0.6 is 11.3 Å². The monoisotopic (exact) mass is 224 g/mol. The lowest BCUT2D eigenvalue weighted by atomic mass is 10.2. The Morgan fingerprint density at radius 2 is 2.27 bits per heavy atom. The molecule has 0 bridgehead atoms. The largest absolute Gasteiger partial charge is 0.320 e. The highest BCUT2D eigenvalue weighted by Gasteiger charge is 2.13. The summed E-state index contributed by atoms with van der Waals surface area (Å²) in [6, 6.07) is 2.40. The van der Waals surface area contributed by atoms with Gasteiger partial charge in [0.1, 0.15) is 0 Å². The van der Waals surface area contributed by atoms with Gasteiger partial charge in [-0.2, -0.15) is 0 Å². The maximum atomic E-state index is 3.50. The van der Waals surface area contributed by atoms with Gasteiger partial charge in [-0.25, -0.2) is 0 Å². The molecule has 1 aromatic rings. The van der Waals surface area contributed by atoms with Gasteiger partial charge in [0, 0.05) is 16.3 Å². The summed E-state index contributed by atoms with van der Waals surface area (Å²) < 4.78 is 0. The molecule has 2 nitrogen and oxygen atoms in total. The number of thiophene rings is 1. The Morgan fingerprint density at radius 1 is 1.33 bits per heavy atom. The molecule has 0 spiro atoms. The molecule has 0 unspecified atom stereocenters. The van der Waals surface area contributed by atoms with E-state index in [2.05, 4.69) is 16.7 Å². The van der Waals surface area contributed by atoms with Crippen LogP contribution in [0.5, 0.6) is 0 Å². The van der Waals surface area contributed by atoms with Gasteiger partial charge in [-0.1, -0.05) is 0 Å². The van der Waals surface area contributed by atoms with Gasteiger partial charge in [-0.05, 0) is 57.5 Å². The molecule has 2 rings (SSSR count). The van der Waals surface area contributed by atoms with E-state index in [9.17, 15) is 0 Å². The second-order valence-corrected chi connectivity index (χ2v) is 5.37. The van der Waals surface area contributed by atoms with Gasteiger partial charge in [0.05, 0.1) is 0 Å². The first kappa shape index (κ1) is 11.1. The first-order valence-electron chi connectivity index (χ1n) is 5.86. The summed E-state index contributed by atoms with van der Waals surface area (Å²) in [5.74, 6) is 0. The summed E-state index contributed by atoms with van der Waals surface area (Å²) in [5.41, 5.74) is 1.62. The van der Waals surface area contributed by atoms with Crippen LogP contribution in [0.4, 0.5) is 0 Å². The lowest BCUT2D eigenvalue weighted by Crippen LogP contribution is -2.18. The van der Waals surface area contributed by atoms with Crippen molar-refractivity contribution in [3.05, 3.63) is 21.4 Å². The van der Waals surface area contributed by atoms with E-state index in [1.54, 1.807) is 10.4 Å². The highest BCUT2D eigenvalue weighted by Crippen LogP contribution is 2.30. The van der Waals surface area contributed by atoms with Gasteiger partial charge < -0.3 is 10.6 Å². The lowest BCUT2D eigenvalue weighted by Gasteiger charge is -2.02. The fourth-order valence-corrected chi connectivity index (χ4v) is 3.31. The van der Waals surface area contributed by atoms with Crippen molar-refractivity contribution < 1.29 is 0 Å². The first-order chi connectivity index (χ1) is 7.40. The number of hydrogen-bond donors (Lipinski definition) is 2. The van der Waals surface area contributed by atoms with Crippen molar-refractivity contribution in [3.63, 3.8) is 0 Å². The average molecular weight is 224 g/mol. The van der Waals surface area contributed by atoms with Crippen molar-refractivity contribution in [2.75, 3.05) is 20.1 Å². The van der Waals surface area contributed by atoms with E-state index in [1.165, 1.54) is 30.6 Å². The number of rotatable bonds is 6. The second kappa shape index (κ2) is 5.64. The van der Waals surface area contributed by atoms with Gasteiger partial charge >= 0.3 is 0 Å². The normalized spacial score (nSPS) is 14.5. The quantitative estimate of drug-likeness (QED) is 0.722. The van der Waals surface area contributed by atoms with Crippen LogP contribution in [0.15, 0.2) is 6.07 Å². The first-order valence-corrected chi connectivity index (χ1v) is 6.67. The fourth-order valence-electron chi connectivity index (χ4n) is 2.08. The maximum Gasteiger partial charge on any atom is 0.0299 e. The molecule has 0 aliphatic heterocycles. The van der Waals surface area contributed by atoms with Crippen LogP contribution in [0.1, 0.15) is 28.2 Å². The van der Waals surface area contributed by atoms with Crippen molar-refractivity contribution in [2.24, 2.45) is 0 Å². The molecule has 3 heteroatoms. The zero-order valence-electron chi connectivity index (χ0n) is 9.44. The Balaban J connectivity index is 1.70. The van der Waals surface area contributed by atoms with E-state index < -0.39 is 0 Å². The Kier molecular flexibility index (Phi) is 4.18. The molecule has 0 saturated heterocycles. The van der Waals surface area contributed by atoms with Crippen molar-refractivity contribution in [2.45, 2.75) is 32.2 Å². The minimum absolute atomic E-state index is 1.06. The third-order valence-electron chi connectivity index (χ3n) is 2.88. The topological polar surface area (TPSA) is 24.1 Å². The van der Waals surface area contributed by atoms with E-state index >= 15 is 0 Å². The van der Waals surface area contributed by atoms with Crippen molar-refractivity contribution >= 4 is 11.3 Å². The fraction of sp³-hybridized carbons (Fsp3) is 0.667. The van der Waals surface area contributed by atoms with Gasteiger partial charge in [0.25, 0.3) is 0 Å². The molecule has 0 fully saturated rings. The van der Waals surface area contributed by atoms with Crippen LogP contribution < -0.4 is 10.6 Å². The standard InChI is InChI=1S/C12H20N2S/c1-13-6-3-7-14-9-11-8-10-4-2-5-12(10)15-11/h8,13-14H,2-7,9H2,1H3. The zero-order chi connectivity index (χ0) is 10.5. The molecule has 0 aromatic carbocycles. The van der Waals surface area contributed by atoms with Gasteiger partial charge in [-0.3, -0.25) is 0 Å². The molecule has 84 valence electrons. The van der Waals surface area contributed by atoms with Crippen LogP contribution in [0.2, 0.25) is 0 Å². The summed E-state index contributed by atoms with van der Waals surface area (Å²) in [4.78, 5) is 3.16. The molecule has 0 atom stereocenters. The van der Waals surface area contributed by atoms with Crippen molar-refractivity contribution in [3.8, 4) is 0 Å². The maximum absolute atomic E-state index is 3.50. The van der Waals surface area contributed by atoms with E-state index in [4.69, 9.17) is 0 Å². The van der Waals surface area contributed by atoms with Gasteiger partial charge in [0.15, 0.2) is 0 Å². The summed E-state index contributed by atoms with van der Waals surface area (Å²) in [6.07, 6.45) is 5.21. The van der Waals surface area contributed by atoms with E-state index in [-0.39, 0.29) is 0 Å². The predicted molar refractivity (Wildman–Crippen MR) is 66.6 cm³/mol. The summed E-state index contributed by atoms with van der Waals surface area (Å²) in [7, 11) is 2.00. The molecule has 0 saturated carbocycles. The molecule has 0 amide bonds. The van der Waals surface area contributed by atoms with Crippen LogP contribution in [0.3, 0.4) is 0 Å². The number of hydrogen-bond acceptors (Lipinski definition) is 3. The molecule has 15 heavy (non-hydrogen) atoms. The zero-order valence-corrected chi connectivity index (χ0v) is 10.3. The lowest BCUT2D eigenvalue weighted by molar-refractivity contribution is 0.628. The third kappa shape index (κ3) is 3.03. The average Bonchev–Trinajstić information content (AvgIpc) is 2.77. The third-order valence-corrected chi connectivity index (χ3v) is 4.11. The number of nitrogens with one attached hydrogen (secondary N) is 2. The molecule has 1 aliphatic rings. The van der Waals surface area contributed by atoms with Crippen molar-refractivity contribution in [1.29, 1.82) is 0 Å². The van der Waals surface area contributed by atoms with E-state index in [0.717, 1.165) is 19.6 Å². The SMILES string of the molecule is CNCCCNCc1cc2c(s1)CCC2. The summed E-state index contributed by atoms with van der Waals surface area (Å²) in [5, 5.41) is 6.66. The molecule has 0 radical (unpaired) electrons. The minimum Gasteiger partial charge on any atom is -0.320 e. The highest BCUT2D eigenvalue weighted by atomic mass is 32.1. The highest BCUT2D eigenvalue weighted by molar-refractivity contribution is 7.12. The molecule has 2 N–H and O–H groups in total. The van der Waals surface area contributed by atoms with E-state index in [1.807, 2.05) is 18.4 Å². The van der Waals surface area contributed by atoms with Crippen molar-refractivity contribution in [1.82, 2.24) is 10.6 Å².